The fourth-order valence-electron chi connectivity index (χ4n) is 2.36. The van der Waals surface area contributed by atoms with Crippen LogP contribution in [0.4, 0.5) is 5.82 Å². The largest absolute Gasteiger partial charge is 0.348 e. The second kappa shape index (κ2) is 5.52. The molecule has 1 aliphatic rings. The van der Waals surface area contributed by atoms with E-state index < -0.39 is 0 Å². The van der Waals surface area contributed by atoms with Crippen LogP contribution in [0, 0.1) is 12.3 Å². The van der Waals surface area contributed by atoms with Gasteiger partial charge < -0.3 is 10.2 Å². The Labute approximate surface area is 120 Å². The fraction of sp³-hybridized carbons (Fsp3) is 0.353. The van der Waals surface area contributed by atoms with Crippen LogP contribution in [0.25, 0.3) is 10.8 Å². The van der Waals surface area contributed by atoms with Gasteiger partial charge in [-0.2, -0.15) is 0 Å². The van der Waals surface area contributed by atoms with Crippen molar-refractivity contribution in [3.63, 3.8) is 0 Å². The zero-order valence-corrected chi connectivity index (χ0v) is 11.8. The van der Waals surface area contributed by atoms with E-state index in [2.05, 4.69) is 35.5 Å². The van der Waals surface area contributed by atoms with E-state index in [0.717, 1.165) is 23.4 Å². The van der Waals surface area contributed by atoms with Gasteiger partial charge in [-0.15, -0.1) is 6.42 Å². The van der Waals surface area contributed by atoms with Crippen molar-refractivity contribution in [1.82, 2.24) is 10.3 Å². The van der Waals surface area contributed by atoms with E-state index >= 15 is 0 Å². The highest BCUT2D eigenvalue weighted by molar-refractivity contribution is 5.92. The summed E-state index contributed by atoms with van der Waals surface area (Å²) in [6, 6.07) is 11.2. The molecular weight excluding hydrogens is 246 g/mol. The first-order chi connectivity index (χ1) is 9.78. The summed E-state index contributed by atoms with van der Waals surface area (Å²) >= 11 is 0. The van der Waals surface area contributed by atoms with Gasteiger partial charge in [-0.1, -0.05) is 30.2 Å². The highest BCUT2D eigenvalue weighted by Crippen LogP contribution is 2.25. The lowest BCUT2D eigenvalue weighted by atomic mass is 10.1. The van der Waals surface area contributed by atoms with Crippen molar-refractivity contribution in [2.75, 3.05) is 18.5 Å². The van der Waals surface area contributed by atoms with E-state index in [1.165, 1.54) is 18.2 Å². The number of pyridine rings is 1. The molecule has 1 fully saturated rings. The first kappa shape index (κ1) is 13.0. The molecule has 0 amide bonds. The number of rotatable bonds is 5. The molecule has 1 saturated carbocycles. The Kier molecular flexibility index (Phi) is 3.58. The number of anilines is 1. The minimum atomic E-state index is 0.566. The molecule has 0 saturated heterocycles. The molecule has 0 atom stereocenters. The molecular formula is C17H19N3. The van der Waals surface area contributed by atoms with Gasteiger partial charge in [0.15, 0.2) is 0 Å². The predicted molar refractivity (Wildman–Crippen MR) is 83.7 cm³/mol. The summed E-state index contributed by atoms with van der Waals surface area (Å²) in [6.07, 6.45) is 8.00. The summed E-state index contributed by atoms with van der Waals surface area (Å²) in [5.74, 6) is 3.65. The van der Waals surface area contributed by atoms with Crippen molar-refractivity contribution in [2.45, 2.75) is 25.4 Å². The molecule has 20 heavy (non-hydrogen) atoms. The van der Waals surface area contributed by atoms with Gasteiger partial charge in [-0.3, -0.25) is 0 Å². The Balaban J connectivity index is 1.97. The van der Waals surface area contributed by atoms with Gasteiger partial charge in [0.05, 0.1) is 12.2 Å². The minimum Gasteiger partial charge on any atom is -0.348 e. The SMILES string of the molecule is C#CCN(C)c1nc(CNC2CC2)cc2ccccc12. The van der Waals surface area contributed by atoms with Gasteiger partial charge in [0, 0.05) is 25.0 Å². The molecule has 1 heterocycles. The lowest BCUT2D eigenvalue weighted by Gasteiger charge is -2.18. The summed E-state index contributed by atoms with van der Waals surface area (Å²) in [5.41, 5.74) is 1.08. The molecule has 1 N–H and O–H groups in total. The average Bonchev–Trinajstić information content (AvgIpc) is 3.28. The number of nitrogens with one attached hydrogen (secondary N) is 1. The number of benzene rings is 1. The van der Waals surface area contributed by atoms with Crippen molar-refractivity contribution in [3.05, 3.63) is 36.0 Å². The number of nitrogens with zero attached hydrogens (tertiary/aromatic N) is 2. The number of hydrogen-bond acceptors (Lipinski definition) is 3. The zero-order valence-electron chi connectivity index (χ0n) is 11.8. The van der Waals surface area contributed by atoms with Crippen LogP contribution in [0.3, 0.4) is 0 Å². The van der Waals surface area contributed by atoms with E-state index in [9.17, 15) is 0 Å². The Hall–Kier alpha value is -2.05. The standard InChI is InChI=1S/C17H19N3/c1-3-10-20(2)17-16-7-5-4-6-13(16)11-15(19-17)12-18-14-8-9-14/h1,4-7,11,14,18H,8-10,12H2,2H3. The second-order valence-corrected chi connectivity index (χ2v) is 5.37. The molecule has 1 aromatic carbocycles. The molecule has 0 radical (unpaired) electrons. The smallest absolute Gasteiger partial charge is 0.137 e. The topological polar surface area (TPSA) is 28.2 Å². The van der Waals surface area contributed by atoms with Gasteiger partial charge in [-0.05, 0) is 24.3 Å². The quantitative estimate of drug-likeness (QED) is 0.842. The maximum absolute atomic E-state index is 5.42. The summed E-state index contributed by atoms with van der Waals surface area (Å²) in [6.45, 7) is 1.39. The Morgan fingerprint density at radius 1 is 1.40 bits per heavy atom. The fourth-order valence-corrected chi connectivity index (χ4v) is 2.36. The Morgan fingerprint density at radius 3 is 2.95 bits per heavy atom. The average molecular weight is 265 g/mol. The van der Waals surface area contributed by atoms with E-state index in [-0.39, 0.29) is 0 Å². The van der Waals surface area contributed by atoms with Crippen LogP contribution in [-0.4, -0.2) is 24.6 Å². The van der Waals surface area contributed by atoms with Crippen molar-refractivity contribution in [2.24, 2.45) is 0 Å². The monoisotopic (exact) mass is 265 g/mol. The third kappa shape index (κ3) is 2.76. The lowest BCUT2D eigenvalue weighted by molar-refractivity contribution is 0.675. The molecule has 0 aliphatic heterocycles. The highest BCUT2D eigenvalue weighted by Gasteiger charge is 2.20. The van der Waals surface area contributed by atoms with Crippen LogP contribution in [0.15, 0.2) is 30.3 Å². The maximum atomic E-state index is 5.42. The Morgan fingerprint density at radius 2 is 2.20 bits per heavy atom. The van der Waals surface area contributed by atoms with Gasteiger partial charge >= 0.3 is 0 Å². The van der Waals surface area contributed by atoms with Crippen molar-refractivity contribution in [3.8, 4) is 12.3 Å². The molecule has 3 heteroatoms. The summed E-state index contributed by atoms with van der Waals surface area (Å²) in [5, 5.41) is 5.88. The molecule has 0 spiro atoms. The number of terminal acetylenes is 1. The molecule has 3 rings (SSSR count). The molecule has 102 valence electrons. The number of hydrogen-bond donors (Lipinski definition) is 1. The van der Waals surface area contributed by atoms with E-state index in [4.69, 9.17) is 11.4 Å². The summed E-state index contributed by atoms with van der Waals surface area (Å²) in [4.78, 5) is 6.82. The van der Waals surface area contributed by atoms with Crippen LogP contribution in [0.2, 0.25) is 0 Å². The van der Waals surface area contributed by atoms with Gasteiger partial charge in [0.25, 0.3) is 0 Å². The summed E-state index contributed by atoms with van der Waals surface area (Å²) < 4.78 is 0. The molecule has 0 bridgehead atoms. The van der Waals surface area contributed by atoms with Crippen LogP contribution in [0.5, 0.6) is 0 Å². The van der Waals surface area contributed by atoms with Crippen LogP contribution in [0.1, 0.15) is 18.5 Å². The number of aromatic nitrogens is 1. The maximum Gasteiger partial charge on any atom is 0.137 e. The van der Waals surface area contributed by atoms with Crippen LogP contribution < -0.4 is 10.2 Å². The Bertz CT molecular complexity index is 653. The number of fused-ring (bicyclic) bond motifs is 1. The summed E-state index contributed by atoms with van der Waals surface area (Å²) in [7, 11) is 1.99. The third-order valence-electron chi connectivity index (χ3n) is 3.61. The van der Waals surface area contributed by atoms with Crippen molar-refractivity contribution >= 4 is 16.6 Å². The predicted octanol–water partition coefficient (Wildman–Crippen LogP) is 2.56. The normalized spacial score (nSPS) is 14.2. The molecule has 2 aromatic rings. The highest BCUT2D eigenvalue weighted by atomic mass is 15.2. The van der Waals surface area contributed by atoms with Crippen molar-refractivity contribution < 1.29 is 0 Å². The van der Waals surface area contributed by atoms with Gasteiger partial charge in [-0.25, -0.2) is 4.98 Å². The van der Waals surface area contributed by atoms with E-state index in [1.807, 2.05) is 18.0 Å². The molecule has 3 nitrogen and oxygen atoms in total. The third-order valence-corrected chi connectivity index (χ3v) is 3.61. The lowest BCUT2D eigenvalue weighted by Crippen LogP contribution is -2.21. The molecule has 1 aliphatic carbocycles. The van der Waals surface area contributed by atoms with Gasteiger partial charge in [0.2, 0.25) is 0 Å². The molecule has 0 unspecified atom stereocenters. The van der Waals surface area contributed by atoms with Crippen LogP contribution >= 0.6 is 0 Å². The molecule has 1 aromatic heterocycles. The van der Waals surface area contributed by atoms with Gasteiger partial charge in [0.1, 0.15) is 5.82 Å². The van der Waals surface area contributed by atoms with E-state index in [0.29, 0.717) is 12.6 Å². The minimum absolute atomic E-state index is 0.566. The van der Waals surface area contributed by atoms with Crippen LogP contribution in [-0.2, 0) is 6.54 Å². The zero-order chi connectivity index (χ0) is 13.9. The first-order valence-corrected chi connectivity index (χ1v) is 7.04. The van der Waals surface area contributed by atoms with Crippen molar-refractivity contribution in [1.29, 1.82) is 0 Å². The first-order valence-electron chi connectivity index (χ1n) is 7.04. The van der Waals surface area contributed by atoms with E-state index in [1.54, 1.807) is 0 Å². The second-order valence-electron chi connectivity index (χ2n) is 5.37.